The predicted octanol–water partition coefficient (Wildman–Crippen LogP) is 3.13. The van der Waals surface area contributed by atoms with Gasteiger partial charge in [0.25, 0.3) is 0 Å². The molecule has 2 nitrogen and oxygen atoms in total. The van der Waals surface area contributed by atoms with Gasteiger partial charge in [-0.25, -0.2) is 4.39 Å². The van der Waals surface area contributed by atoms with Crippen LogP contribution in [0.1, 0.15) is 31.2 Å². The number of rotatable bonds is 2. The third-order valence-electron chi connectivity index (χ3n) is 3.40. The Morgan fingerprint density at radius 1 is 1.35 bits per heavy atom. The van der Waals surface area contributed by atoms with Crippen LogP contribution in [0.4, 0.5) is 4.39 Å². The number of Topliss-reactive ketones (excluding diaryl/α,β-unsaturated/α-hetero) is 1. The van der Waals surface area contributed by atoms with Crippen molar-refractivity contribution in [2.45, 2.75) is 31.4 Å². The van der Waals surface area contributed by atoms with Gasteiger partial charge in [0.1, 0.15) is 11.9 Å². The van der Waals surface area contributed by atoms with E-state index < -0.39 is 11.6 Å². The highest BCUT2D eigenvalue weighted by atomic mass is 19.1. The van der Waals surface area contributed by atoms with Crippen molar-refractivity contribution in [2.24, 2.45) is 5.92 Å². The zero-order valence-corrected chi connectivity index (χ0v) is 9.53. The van der Waals surface area contributed by atoms with Crippen LogP contribution in [0.3, 0.4) is 0 Å². The van der Waals surface area contributed by atoms with E-state index in [9.17, 15) is 9.18 Å². The van der Waals surface area contributed by atoms with Crippen LogP contribution in [0.2, 0.25) is 0 Å². The number of carbonyl (C=O) groups is 1. The summed E-state index contributed by atoms with van der Waals surface area (Å²) in [4.78, 5) is 11.4. The maximum atomic E-state index is 14.8. The van der Waals surface area contributed by atoms with Crippen LogP contribution in [-0.2, 0) is 10.5 Å². The second-order valence-electron chi connectivity index (χ2n) is 4.52. The maximum Gasteiger partial charge on any atom is 0.224 e. The van der Waals surface area contributed by atoms with E-state index in [0.29, 0.717) is 24.8 Å². The fraction of sp³-hybridized carbons (Fsp3) is 0.429. The number of alkyl halides is 1. The molecule has 0 N–H and O–H groups in total. The molecule has 0 radical (unpaired) electrons. The van der Waals surface area contributed by atoms with Crippen molar-refractivity contribution in [3.8, 4) is 6.07 Å². The van der Waals surface area contributed by atoms with Crippen molar-refractivity contribution in [1.82, 2.24) is 0 Å². The molecule has 2 atom stereocenters. The van der Waals surface area contributed by atoms with Crippen molar-refractivity contribution >= 4 is 5.78 Å². The molecule has 0 spiro atoms. The first-order chi connectivity index (χ1) is 8.16. The minimum Gasteiger partial charge on any atom is -0.300 e. The summed E-state index contributed by atoms with van der Waals surface area (Å²) in [6, 6.07) is 10.2. The zero-order chi connectivity index (χ0) is 12.3. The molecule has 0 aromatic heterocycles. The smallest absolute Gasteiger partial charge is 0.224 e. The largest absolute Gasteiger partial charge is 0.300 e. The van der Waals surface area contributed by atoms with Crippen molar-refractivity contribution in [3.05, 3.63) is 35.9 Å². The summed E-state index contributed by atoms with van der Waals surface area (Å²) in [5, 5.41) is 9.14. The third-order valence-corrected chi connectivity index (χ3v) is 3.40. The fourth-order valence-electron chi connectivity index (χ4n) is 2.44. The molecule has 88 valence electrons. The first kappa shape index (κ1) is 11.8. The van der Waals surface area contributed by atoms with E-state index >= 15 is 0 Å². The van der Waals surface area contributed by atoms with Crippen molar-refractivity contribution in [1.29, 1.82) is 5.26 Å². The number of halogens is 1. The van der Waals surface area contributed by atoms with Gasteiger partial charge in [0.2, 0.25) is 5.67 Å². The number of hydrogen-bond acceptors (Lipinski definition) is 2. The van der Waals surface area contributed by atoms with E-state index in [2.05, 4.69) is 0 Å². The second kappa shape index (κ2) is 4.67. The van der Waals surface area contributed by atoms with Gasteiger partial charge >= 0.3 is 0 Å². The van der Waals surface area contributed by atoms with Crippen LogP contribution in [0, 0.1) is 17.2 Å². The molecular formula is C14H14FNO. The maximum absolute atomic E-state index is 14.8. The molecule has 1 aliphatic carbocycles. The van der Waals surface area contributed by atoms with Gasteiger partial charge < -0.3 is 0 Å². The van der Waals surface area contributed by atoms with Crippen molar-refractivity contribution in [3.63, 3.8) is 0 Å². The van der Waals surface area contributed by atoms with Gasteiger partial charge in [-0.15, -0.1) is 0 Å². The zero-order valence-electron chi connectivity index (χ0n) is 9.53. The van der Waals surface area contributed by atoms with Crippen LogP contribution < -0.4 is 0 Å². The molecule has 17 heavy (non-hydrogen) atoms. The summed E-state index contributed by atoms with van der Waals surface area (Å²) >= 11 is 0. The van der Waals surface area contributed by atoms with Crippen LogP contribution in [0.25, 0.3) is 0 Å². The molecule has 2 rings (SSSR count). The molecule has 0 aliphatic heterocycles. The molecule has 0 unspecified atom stereocenters. The van der Waals surface area contributed by atoms with Gasteiger partial charge in [-0.3, -0.25) is 4.79 Å². The number of hydrogen-bond donors (Lipinski definition) is 0. The average molecular weight is 231 g/mol. The van der Waals surface area contributed by atoms with Crippen molar-refractivity contribution < 1.29 is 9.18 Å². The van der Waals surface area contributed by atoms with E-state index in [1.807, 2.05) is 0 Å². The highest BCUT2D eigenvalue weighted by Crippen LogP contribution is 2.40. The topological polar surface area (TPSA) is 40.9 Å². The van der Waals surface area contributed by atoms with E-state index in [4.69, 9.17) is 5.26 Å². The molecule has 3 heteroatoms. The Labute approximate surface area is 100 Å². The SMILES string of the molecule is N#C[C@@](F)(c1ccccc1)[C@H]1CCCC(=O)C1. The molecule has 1 aromatic rings. The first-order valence-electron chi connectivity index (χ1n) is 5.84. The van der Waals surface area contributed by atoms with E-state index in [1.165, 1.54) is 0 Å². The highest BCUT2D eigenvalue weighted by Gasteiger charge is 2.43. The Morgan fingerprint density at radius 2 is 2.06 bits per heavy atom. The van der Waals surface area contributed by atoms with Crippen molar-refractivity contribution in [2.75, 3.05) is 0 Å². The predicted molar refractivity (Wildman–Crippen MR) is 61.8 cm³/mol. The number of nitrogens with zero attached hydrogens (tertiary/aromatic N) is 1. The number of ketones is 1. The molecule has 0 saturated heterocycles. The van der Waals surface area contributed by atoms with Crippen LogP contribution >= 0.6 is 0 Å². The monoisotopic (exact) mass is 231 g/mol. The fourth-order valence-corrected chi connectivity index (χ4v) is 2.44. The molecule has 0 amide bonds. The lowest BCUT2D eigenvalue weighted by Crippen LogP contribution is -2.33. The standard InChI is InChI=1S/C14H14FNO/c15-14(10-16,11-5-2-1-3-6-11)12-7-4-8-13(17)9-12/h1-3,5-6,12H,4,7-9H2/t12-,14+/m0/s1. The van der Waals surface area contributed by atoms with E-state index in [1.54, 1.807) is 36.4 Å². The Morgan fingerprint density at radius 3 is 2.65 bits per heavy atom. The first-order valence-corrected chi connectivity index (χ1v) is 5.84. The molecule has 1 aromatic carbocycles. The highest BCUT2D eigenvalue weighted by molar-refractivity contribution is 5.79. The third kappa shape index (κ3) is 2.21. The summed E-state index contributed by atoms with van der Waals surface area (Å²) in [7, 11) is 0. The Hall–Kier alpha value is -1.69. The Kier molecular flexibility index (Phi) is 3.23. The molecular weight excluding hydrogens is 217 g/mol. The number of nitriles is 1. The summed E-state index contributed by atoms with van der Waals surface area (Å²) in [5.41, 5.74) is -1.67. The lowest BCUT2D eigenvalue weighted by Gasteiger charge is -2.30. The molecule has 1 fully saturated rings. The van der Waals surface area contributed by atoms with Gasteiger partial charge in [-0.1, -0.05) is 30.3 Å². The normalized spacial score (nSPS) is 23.8. The summed E-state index contributed by atoms with van der Waals surface area (Å²) in [5.74, 6) is -0.439. The van der Waals surface area contributed by atoms with Gasteiger partial charge in [-0.2, -0.15) is 5.26 Å². The van der Waals surface area contributed by atoms with E-state index in [0.717, 1.165) is 0 Å². The van der Waals surface area contributed by atoms with Crippen LogP contribution in [-0.4, -0.2) is 5.78 Å². The number of carbonyl (C=O) groups excluding carboxylic acids is 1. The minimum atomic E-state index is -2.03. The molecule has 1 aliphatic rings. The van der Waals surface area contributed by atoms with E-state index in [-0.39, 0.29) is 12.2 Å². The molecule has 0 bridgehead atoms. The molecule has 0 heterocycles. The lowest BCUT2D eigenvalue weighted by atomic mass is 9.75. The number of benzene rings is 1. The van der Waals surface area contributed by atoms with Gasteiger partial charge in [0.15, 0.2) is 0 Å². The lowest BCUT2D eigenvalue weighted by molar-refractivity contribution is -0.123. The second-order valence-corrected chi connectivity index (χ2v) is 4.52. The van der Waals surface area contributed by atoms with Gasteiger partial charge in [0, 0.05) is 24.3 Å². The van der Waals surface area contributed by atoms with Crippen LogP contribution in [0.15, 0.2) is 30.3 Å². The van der Waals surface area contributed by atoms with Crippen LogP contribution in [0.5, 0.6) is 0 Å². The molecule has 1 saturated carbocycles. The quantitative estimate of drug-likeness (QED) is 0.784. The summed E-state index contributed by atoms with van der Waals surface area (Å²) in [6.45, 7) is 0. The Balaban J connectivity index is 2.32. The van der Waals surface area contributed by atoms with Gasteiger partial charge in [-0.05, 0) is 12.8 Å². The average Bonchev–Trinajstić information content (AvgIpc) is 2.39. The van der Waals surface area contributed by atoms with Gasteiger partial charge in [0.05, 0.1) is 0 Å². The Bertz CT molecular complexity index is 451. The summed E-state index contributed by atoms with van der Waals surface area (Å²) in [6.07, 6.45) is 1.99. The summed E-state index contributed by atoms with van der Waals surface area (Å²) < 4.78 is 14.8. The minimum absolute atomic E-state index is 0.0643.